The van der Waals surface area contributed by atoms with Crippen LogP contribution in [0, 0.1) is 0 Å². The summed E-state index contributed by atoms with van der Waals surface area (Å²) in [4.78, 5) is 14.6. The van der Waals surface area contributed by atoms with Crippen LogP contribution in [0.4, 0.5) is 0 Å². The first-order chi connectivity index (χ1) is 16.4. The Labute approximate surface area is 223 Å². The van der Waals surface area contributed by atoms with E-state index < -0.39 is 22.2 Å². The summed E-state index contributed by atoms with van der Waals surface area (Å²) >= 11 is 1.77. The predicted molar refractivity (Wildman–Crippen MR) is 157 cm³/mol. The van der Waals surface area contributed by atoms with Crippen LogP contribution in [-0.2, 0) is 18.4 Å². The van der Waals surface area contributed by atoms with Gasteiger partial charge in [-0.05, 0) is 71.5 Å². The van der Waals surface area contributed by atoms with Crippen molar-refractivity contribution in [3.63, 3.8) is 0 Å². The van der Waals surface area contributed by atoms with E-state index in [1.807, 2.05) is 6.08 Å². The zero-order chi connectivity index (χ0) is 26.7. The molecule has 196 valence electrons. The highest BCUT2D eigenvalue weighted by Gasteiger charge is 2.59. The predicted octanol–water partition coefficient (Wildman–Crippen LogP) is 8.32. The quantitative estimate of drug-likeness (QED) is 0.272. The van der Waals surface area contributed by atoms with E-state index in [4.69, 9.17) is 13.6 Å². The highest BCUT2D eigenvalue weighted by atomic mass is 32.1. The molecule has 2 aliphatic rings. The zero-order valence-electron chi connectivity index (χ0n) is 23.5. The Balaban J connectivity index is 1.76. The lowest BCUT2D eigenvalue weighted by molar-refractivity contribution is -0.151. The van der Waals surface area contributed by atoms with Gasteiger partial charge in [-0.2, -0.15) is 0 Å². The molecule has 0 N–H and O–H groups in total. The van der Waals surface area contributed by atoms with E-state index in [1.54, 1.807) is 11.3 Å². The van der Waals surface area contributed by atoms with Crippen LogP contribution >= 0.6 is 11.3 Å². The van der Waals surface area contributed by atoms with Gasteiger partial charge in [0.15, 0.2) is 22.2 Å². The van der Waals surface area contributed by atoms with Crippen LogP contribution in [0.25, 0.3) is 16.2 Å². The summed E-state index contributed by atoms with van der Waals surface area (Å²) in [6.07, 6.45) is 6.18. The maximum absolute atomic E-state index is 13.4. The Hall–Kier alpha value is -1.52. The first-order valence-electron chi connectivity index (χ1n) is 12.9. The molecule has 0 spiro atoms. The van der Waals surface area contributed by atoms with Gasteiger partial charge in [0.05, 0.1) is 0 Å². The van der Waals surface area contributed by atoms with Crippen LogP contribution in [0.1, 0.15) is 52.8 Å². The molecule has 0 radical (unpaired) electrons. The standard InChI is InChI=1S/C29H42O4SSi2/c1-27(2,3)35(7,8)32-25-21(15-16-22-17-20-13-11-12-14-24(20)34-22)18-29(19-23(25)31-26(29)30)33-36(9,10)28(4,5)6/h11-18,23,25H,19H2,1-10H3/b16-15+/t23-,25-,29+/m1/s1. The highest BCUT2D eigenvalue weighted by molar-refractivity contribution is 7.19. The molecule has 0 unspecified atom stereocenters. The lowest BCUT2D eigenvalue weighted by atomic mass is 9.85. The molecule has 1 fully saturated rings. The van der Waals surface area contributed by atoms with Crippen LogP contribution < -0.4 is 0 Å². The molecule has 2 heterocycles. The number of ether oxygens (including phenoxy) is 1. The minimum absolute atomic E-state index is 0.0183. The molecule has 3 atom stereocenters. The van der Waals surface area contributed by atoms with Crippen molar-refractivity contribution in [3.05, 3.63) is 52.9 Å². The summed E-state index contributed by atoms with van der Waals surface area (Å²) in [5.41, 5.74) is -0.0565. The fourth-order valence-electron chi connectivity index (χ4n) is 4.28. The number of hydrogen-bond donors (Lipinski definition) is 0. The maximum atomic E-state index is 13.4. The molecule has 1 aliphatic heterocycles. The molecule has 36 heavy (non-hydrogen) atoms. The molecule has 1 saturated heterocycles. The number of benzene rings is 1. The Kier molecular flexibility index (Phi) is 6.92. The third-order valence-corrected chi connectivity index (χ3v) is 18.6. The summed E-state index contributed by atoms with van der Waals surface area (Å²) in [7, 11) is -4.36. The number of fused-ring (bicyclic) bond motifs is 3. The van der Waals surface area contributed by atoms with Gasteiger partial charge in [0, 0.05) is 16.0 Å². The van der Waals surface area contributed by atoms with Gasteiger partial charge in [0.2, 0.25) is 0 Å². The van der Waals surface area contributed by atoms with Crippen LogP contribution in [0.15, 0.2) is 48.1 Å². The second kappa shape index (κ2) is 9.05. The van der Waals surface area contributed by atoms with Gasteiger partial charge < -0.3 is 13.6 Å². The normalized spacial score (nSPS) is 25.5. The third-order valence-electron chi connectivity index (χ3n) is 8.53. The van der Waals surface area contributed by atoms with Gasteiger partial charge in [-0.15, -0.1) is 11.3 Å². The summed E-state index contributed by atoms with van der Waals surface area (Å²) < 4.78 is 21.0. The van der Waals surface area contributed by atoms with E-state index >= 15 is 0 Å². The molecule has 1 aromatic heterocycles. The van der Waals surface area contributed by atoms with E-state index in [0.717, 1.165) is 5.57 Å². The number of thiophene rings is 1. The Bertz CT molecular complexity index is 1180. The van der Waals surface area contributed by atoms with E-state index in [0.29, 0.717) is 6.42 Å². The van der Waals surface area contributed by atoms with E-state index in [-0.39, 0.29) is 28.3 Å². The van der Waals surface area contributed by atoms with E-state index in [9.17, 15) is 4.79 Å². The summed E-state index contributed by atoms with van der Waals surface area (Å²) in [6.45, 7) is 22.2. The molecule has 7 heteroatoms. The molecule has 1 aromatic carbocycles. The minimum atomic E-state index is -2.24. The summed E-state index contributed by atoms with van der Waals surface area (Å²) in [6, 6.07) is 10.6. The van der Waals surface area contributed by atoms with Gasteiger partial charge in [0.25, 0.3) is 0 Å². The monoisotopic (exact) mass is 542 g/mol. The summed E-state index contributed by atoms with van der Waals surface area (Å²) in [5, 5.41) is 1.27. The zero-order valence-corrected chi connectivity index (χ0v) is 26.3. The lowest BCUT2D eigenvalue weighted by Crippen LogP contribution is -2.53. The number of carbonyl (C=O) groups is 1. The average Bonchev–Trinajstić information content (AvgIpc) is 3.25. The number of esters is 1. The molecule has 1 aliphatic carbocycles. The fraction of sp³-hybridized carbons (Fsp3) is 0.552. The van der Waals surface area contributed by atoms with Crippen LogP contribution in [0.5, 0.6) is 0 Å². The van der Waals surface area contributed by atoms with Crippen molar-refractivity contribution in [1.82, 2.24) is 0 Å². The Morgan fingerprint density at radius 3 is 2.25 bits per heavy atom. The van der Waals surface area contributed by atoms with E-state index in [2.05, 4.69) is 110 Å². The van der Waals surface area contributed by atoms with Gasteiger partial charge in [0.1, 0.15) is 12.2 Å². The molecule has 4 nitrogen and oxygen atoms in total. The highest BCUT2D eigenvalue weighted by Crippen LogP contribution is 2.49. The van der Waals surface area contributed by atoms with Gasteiger partial charge >= 0.3 is 5.97 Å². The van der Waals surface area contributed by atoms with Crippen LogP contribution in [-0.4, -0.2) is 40.4 Å². The molecule has 4 rings (SSSR count). The second-order valence-electron chi connectivity index (χ2n) is 13.4. The third kappa shape index (κ3) is 5.10. The van der Waals surface area contributed by atoms with Gasteiger partial charge in [-0.25, -0.2) is 4.79 Å². The largest absolute Gasteiger partial charge is 0.457 e. The SMILES string of the molecule is CC(C)(C)[Si](C)(C)O[C@@H]1C(/C=C/c2cc3ccccc3s2)=C[C@]2(O[Si](C)(C)C(C)(C)C)C[C@H]1OC2=O. The van der Waals surface area contributed by atoms with Gasteiger partial charge in [-0.1, -0.05) is 65.8 Å². The average molecular weight is 543 g/mol. The first kappa shape index (κ1) is 27.5. The smallest absolute Gasteiger partial charge is 0.341 e. The van der Waals surface area contributed by atoms with Crippen molar-refractivity contribution >= 4 is 50.1 Å². The van der Waals surface area contributed by atoms with Crippen molar-refractivity contribution < 1.29 is 18.4 Å². The molecule has 2 bridgehead atoms. The molecule has 2 aromatic rings. The number of hydrogen-bond acceptors (Lipinski definition) is 5. The molecular weight excluding hydrogens is 501 g/mol. The maximum Gasteiger partial charge on any atom is 0.341 e. The van der Waals surface area contributed by atoms with Crippen molar-refractivity contribution in [2.24, 2.45) is 0 Å². The topological polar surface area (TPSA) is 44.8 Å². The van der Waals surface area contributed by atoms with Crippen molar-refractivity contribution in [2.75, 3.05) is 0 Å². The second-order valence-corrected chi connectivity index (χ2v) is 24.0. The van der Waals surface area contributed by atoms with Crippen LogP contribution in [0.3, 0.4) is 0 Å². The molecular formula is C29H42O4SSi2. The van der Waals surface area contributed by atoms with Crippen molar-refractivity contribution in [1.29, 1.82) is 0 Å². The number of rotatable bonds is 6. The molecule has 0 saturated carbocycles. The van der Waals surface area contributed by atoms with E-state index in [1.165, 1.54) is 15.0 Å². The van der Waals surface area contributed by atoms with Crippen molar-refractivity contribution in [3.8, 4) is 0 Å². The first-order valence-corrected chi connectivity index (χ1v) is 19.6. The van der Waals surface area contributed by atoms with Crippen molar-refractivity contribution in [2.45, 2.75) is 102 Å². The minimum Gasteiger partial charge on any atom is -0.457 e. The van der Waals surface area contributed by atoms with Gasteiger partial charge in [-0.3, -0.25) is 0 Å². The Morgan fingerprint density at radius 2 is 1.64 bits per heavy atom. The fourth-order valence-corrected chi connectivity index (χ4v) is 7.96. The van der Waals surface area contributed by atoms with Crippen LogP contribution in [0.2, 0.25) is 36.3 Å². The molecule has 0 amide bonds. The number of carbonyl (C=O) groups excluding carboxylic acids is 1. The lowest BCUT2D eigenvalue weighted by Gasteiger charge is -2.44. The summed E-state index contributed by atoms with van der Waals surface area (Å²) in [5.74, 6) is -0.272. The Morgan fingerprint density at radius 1 is 1.00 bits per heavy atom.